The molecule has 1 aromatic carbocycles. The molecule has 0 spiro atoms. The summed E-state index contributed by atoms with van der Waals surface area (Å²) in [6.07, 6.45) is 4.98. The van der Waals surface area contributed by atoms with Crippen molar-refractivity contribution in [1.29, 1.82) is 0 Å². The number of nitrogens with zero attached hydrogens (tertiary/aromatic N) is 1. The first-order valence-corrected chi connectivity index (χ1v) is 9.40. The first kappa shape index (κ1) is 23.1. The van der Waals surface area contributed by atoms with Crippen LogP contribution in [0.1, 0.15) is 38.7 Å². The molecule has 150 valence electrons. The maximum absolute atomic E-state index is 12.7. The monoisotopic (exact) mass is 375 g/mol. The van der Waals surface area contributed by atoms with E-state index in [0.717, 1.165) is 31.2 Å². The summed E-state index contributed by atoms with van der Waals surface area (Å²) < 4.78 is 9.81. The van der Waals surface area contributed by atoms with Crippen LogP contribution < -0.4 is 0 Å². The second-order valence-corrected chi connectivity index (χ2v) is 7.20. The molecule has 27 heavy (non-hydrogen) atoms. The third kappa shape index (κ3) is 6.29. The number of ether oxygens (including phenoxy) is 2. The van der Waals surface area contributed by atoms with Gasteiger partial charge in [-0.15, -0.1) is 6.58 Å². The van der Waals surface area contributed by atoms with Gasteiger partial charge in [0.2, 0.25) is 0 Å². The minimum atomic E-state index is -0.623. The largest absolute Gasteiger partial charge is 0.460 e. The highest BCUT2D eigenvalue weighted by Crippen LogP contribution is 2.35. The van der Waals surface area contributed by atoms with Gasteiger partial charge in [0.15, 0.2) is 0 Å². The Hall–Kier alpha value is -1.98. The van der Waals surface area contributed by atoms with Crippen LogP contribution in [0.5, 0.6) is 0 Å². The van der Waals surface area contributed by atoms with Crippen molar-refractivity contribution in [3.8, 4) is 0 Å². The fraction of sp³-hybridized carbons (Fsp3) is 0.545. The first-order valence-electron chi connectivity index (χ1n) is 9.40. The molecule has 0 amide bonds. The number of carbonyl (C=O) groups excluding carboxylic acids is 2. The lowest BCUT2D eigenvalue weighted by Crippen LogP contribution is -2.55. The van der Waals surface area contributed by atoms with Crippen molar-refractivity contribution in [3.05, 3.63) is 48.6 Å². The Kier molecular flexibility index (Phi) is 9.97. The number of methoxy groups -OCH3 is 1. The van der Waals surface area contributed by atoms with Gasteiger partial charge < -0.3 is 14.3 Å². The number of hydrogen-bond donors (Lipinski definition) is 0. The third-order valence-electron chi connectivity index (χ3n) is 4.73. The minimum absolute atomic E-state index is 0.0653. The van der Waals surface area contributed by atoms with Gasteiger partial charge in [0.1, 0.15) is 18.9 Å². The first-order chi connectivity index (χ1) is 13.0. The van der Waals surface area contributed by atoms with Gasteiger partial charge in [-0.05, 0) is 30.7 Å². The van der Waals surface area contributed by atoms with Crippen LogP contribution in [-0.4, -0.2) is 49.5 Å². The van der Waals surface area contributed by atoms with Crippen LogP contribution in [0, 0.1) is 5.92 Å². The molecule has 0 N–H and O–H groups in total. The molecule has 1 heterocycles. The summed E-state index contributed by atoms with van der Waals surface area (Å²) >= 11 is 0. The molecular weight excluding hydrogens is 342 g/mol. The molecule has 0 radical (unpaired) electrons. The zero-order chi connectivity index (χ0) is 20.3. The van der Waals surface area contributed by atoms with Crippen LogP contribution in [-0.2, 0) is 25.7 Å². The van der Waals surface area contributed by atoms with Crippen molar-refractivity contribution in [2.75, 3.05) is 20.8 Å². The third-order valence-corrected chi connectivity index (χ3v) is 4.73. The molecule has 2 atom stereocenters. The van der Waals surface area contributed by atoms with Crippen molar-refractivity contribution < 1.29 is 19.1 Å². The number of rotatable bonds is 8. The second kappa shape index (κ2) is 11.7. The Morgan fingerprint density at radius 1 is 1.30 bits per heavy atom. The molecular formula is C22H33NO4. The van der Waals surface area contributed by atoms with Crippen molar-refractivity contribution in [2.45, 2.75) is 51.3 Å². The predicted molar refractivity (Wildman–Crippen MR) is 107 cm³/mol. The van der Waals surface area contributed by atoms with Gasteiger partial charge >= 0.3 is 5.97 Å². The molecule has 1 aliphatic rings. The van der Waals surface area contributed by atoms with E-state index in [9.17, 15) is 9.59 Å². The van der Waals surface area contributed by atoms with Crippen LogP contribution in [0.25, 0.3) is 0 Å². The predicted octanol–water partition coefficient (Wildman–Crippen LogP) is 3.63. The smallest absolute Gasteiger partial charge is 0.323 e. The zero-order valence-corrected chi connectivity index (χ0v) is 17.0. The Morgan fingerprint density at radius 2 is 1.93 bits per heavy atom. The summed E-state index contributed by atoms with van der Waals surface area (Å²) in [6.45, 7) is 8.76. The summed E-state index contributed by atoms with van der Waals surface area (Å²) in [4.78, 5) is 26.6. The molecule has 0 aliphatic carbocycles. The topological polar surface area (TPSA) is 55.8 Å². The van der Waals surface area contributed by atoms with E-state index in [2.05, 4.69) is 11.3 Å². The maximum Gasteiger partial charge on any atom is 0.323 e. The van der Waals surface area contributed by atoms with Crippen LogP contribution in [0.2, 0.25) is 0 Å². The van der Waals surface area contributed by atoms with Crippen LogP contribution in [0.4, 0.5) is 0 Å². The summed E-state index contributed by atoms with van der Waals surface area (Å²) in [5.41, 5.74) is 0.338. The quantitative estimate of drug-likeness (QED) is 0.395. The van der Waals surface area contributed by atoms with Crippen molar-refractivity contribution in [1.82, 2.24) is 4.90 Å². The summed E-state index contributed by atoms with van der Waals surface area (Å²) in [6, 6.07) is 9.22. The molecule has 0 aromatic heterocycles. The average Bonchev–Trinajstić information content (AvgIpc) is 3.05. The van der Waals surface area contributed by atoms with E-state index < -0.39 is 11.6 Å². The normalized spacial score (nSPS) is 20.5. The SMILES string of the molecule is C=CCC1(C=O)CCCN1C(C(=O)OCc1ccccc1)C(C)C.COC. The number of aldehydes is 1. The molecule has 1 fully saturated rings. The fourth-order valence-electron chi connectivity index (χ4n) is 3.56. The molecule has 5 nitrogen and oxygen atoms in total. The number of likely N-dealkylation sites (tertiary alicyclic amines) is 1. The lowest BCUT2D eigenvalue weighted by atomic mass is 9.90. The molecule has 1 aromatic rings. The molecule has 5 heteroatoms. The summed E-state index contributed by atoms with van der Waals surface area (Å²) in [5.74, 6) is -0.193. The second-order valence-electron chi connectivity index (χ2n) is 7.20. The van der Waals surface area contributed by atoms with E-state index >= 15 is 0 Å². The summed E-state index contributed by atoms with van der Waals surface area (Å²) in [7, 11) is 3.25. The lowest BCUT2D eigenvalue weighted by molar-refractivity contribution is -0.156. The Balaban J connectivity index is 0.00000114. The average molecular weight is 376 g/mol. The standard InChI is InChI=1S/C20H27NO3.C2H6O/c1-4-11-20(15-22)12-8-13-21(20)18(16(2)3)19(23)24-14-17-9-6-5-7-10-17;1-3-2/h4-7,9-10,15-16,18H,1,8,11-14H2,2-3H3;1-2H3. The lowest BCUT2D eigenvalue weighted by Gasteiger charge is -2.39. The Bertz CT molecular complexity index is 587. The summed E-state index contributed by atoms with van der Waals surface area (Å²) in [5, 5.41) is 0. The number of benzene rings is 1. The maximum atomic E-state index is 12.7. The van der Waals surface area contributed by atoms with Gasteiger partial charge in [0.05, 0.1) is 5.54 Å². The van der Waals surface area contributed by atoms with Gasteiger partial charge in [-0.3, -0.25) is 9.69 Å². The van der Waals surface area contributed by atoms with Crippen molar-refractivity contribution in [3.63, 3.8) is 0 Å². The van der Waals surface area contributed by atoms with E-state index in [-0.39, 0.29) is 18.5 Å². The molecule has 1 aliphatic heterocycles. The van der Waals surface area contributed by atoms with E-state index in [1.165, 1.54) is 0 Å². The van der Waals surface area contributed by atoms with Gasteiger partial charge in [-0.1, -0.05) is 50.3 Å². The zero-order valence-electron chi connectivity index (χ0n) is 17.0. The van der Waals surface area contributed by atoms with Crippen LogP contribution >= 0.6 is 0 Å². The molecule has 1 saturated heterocycles. The van der Waals surface area contributed by atoms with Crippen LogP contribution in [0.3, 0.4) is 0 Å². The van der Waals surface area contributed by atoms with E-state index in [1.54, 1.807) is 20.3 Å². The molecule has 2 rings (SSSR count). The van der Waals surface area contributed by atoms with E-state index in [0.29, 0.717) is 6.42 Å². The Morgan fingerprint density at radius 3 is 2.44 bits per heavy atom. The highest BCUT2D eigenvalue weighted by atomic mass is 16.5. The van der Waals surface area contributed by atoms with Crippen molar-refractivity contribution >= 4 is 12.3 Å². The van der Waals surface area contributed by atoms with Crippen LogP contribution in [0.15, 0.2) is 43.0 Å². The van der Waals surface area contributed by atoms with Gasteiger partial charge in [-0.25, -0.2) is 0 Å². The number of hydrogen-bond acceptors (Lipinski definition) is 5. The number of carbonyl (C=O) groups is 2. The minimum Gasteiger partial charge on any atom is -0.460 e. The van der Waals surface area contributed by atoms with Gasteiger partial charge in [0.25, 0.3) is 0 Å². The fourth-order valence-corrected chi connectivity index (χ4v) is 3.56. The van der Waals surface area contributed by atoms with Gasteiger partial charge in [-0.2, -0.15) is 0 Å². The van der Waals surface area contributed by atoms with E-state index in [4.69, 9.17) is 4.74 Å². The van der Waals surface area contributed by atoms with Crippen molar-refractivity contribution in [2.24, 2.45) is 5.92 Å². The van der Waals surface area contributed by atoms with E-state index in [1.807, 2.05) is 49.1 Å². The molecule has 0 saturated carbocycles. The molecule has 2 unspecified atom stereocenters. The molecule has 0 bridgehead atoms. The highest BCUT2D eigenvalue weighted by Gasteiger charge is 2.47. The Labute approximate surface area is 163 Å². The highest BCUT2D eigenvalue weighted by molar-refractivity contribution is 5.78. The van der Waals surface area contributed by atoms with Gasteiger partial charge in [0, 0.05) is 20.8 Å². The number of esters is 1.